The second kappa shape index (κ2) is 49.3. The summed E-state index contributed by atoms with van der Waals surface area (Å²) in [7, 11) is -4.63. The highest BCUT2D eigenvalue weighted by Crippen LogP contribution is 2.43. The van der Waals surface area contributed by atoms with Crippen molar-refractivity contribution in [3.63, 3.8) is 0 Å². The lowest BCUT2D eigenvalue weighted by molar-refractivity contribution is -0.161. The van der Waals surface area contributed by atoms with Crippen molar-refractivity contribution in [1.82, 2.24) is 0 Å². The highest BCUT2D eigenvalue weighted by Gasteiger charge is 2.27. The summed E-state index contributed by atoms with van der Waals surface area (Å²) < 4.78 is 32.9. The molecule has 0 aromatic carbocycles. The molecule has 0 radical (unpaired) electrons. The zero-order chi connectivity index (χ0) is 47.6. The van der Waals surface area contributed by atoms with Gasteiger partial charge in [-0.3, -0.25) is 18.6 Å². The lowest BCUT2D eigenvalue weighted by atomic mass is 10.0. The summed E-state index contributed by atoms with van der Waals surface area (Å²) in [4.78, 5) is 35.2. The van der Waals surface area contributed by atoms with Gasteiger partial charge in [0.15, 0.2) is 6.10 Å². The van der Waals surface area contributed by atoms with E-state index >= 15 is 0 Å². The van der Waals surface area contributed by atoms with Crippen molar-refractivity contribution in [2.75, 3.05) is 26.4 Å². The molecular weight excluding hydrogens is 840 g/mol. The van der Waals surface area contributed by atoms with Crippen LogP contribution in [0.5, 0.6) is 0 Å². The van der Waals surface area contributed by atoms with Gasteiger partial charge in [0.25, 0.3) is 0 Å². The van der Waals surface area contributed by atoms with Crippen LogP contribution >= 0.6 is 7.82 Å². The zero-order valence-electron chi connectivity index (χ0n) is 41.2. The van der Waals surface area contributed by atoms with Crippen LogP contribution in [0.15, 0.2) is 72.9 Å². The molecule has 0 heterocycles. The molecule has 0 aliphatic carbocycles. The molecule has 3 N–H and O–H groups in total. The lowest BCUT2D eigenvalue weighted by Gasteiger charge is -2.20. The Labute approximate surface area is 397 Å². The van der Waals surface area contributed by atoms with E-state index in [-0.39, 0.29) is 19.4 Å². The summed E-state index contributed by atoms with van der Waals surface area (Å²) in [6.07, 6.45) is 58.6. The largest absolute Gasteiger partial charge is 0.472 e. The van der Waals surface area contributed by atoms with E-state index in [2.05, 4.69) is 86.8 Å². The molecule has 0 saturated heterocycles. The molecule has 376 valence electrons. The van der Waals surface area contributed by atoms with Crippen molar-refractivity contribution in [2.45, 2.75) is 232 Å². The Morgan fingerprint density at radius 3 is 1.28 bits per heavy atom. The normalized spacial score (nSPS) is 14.2. The average Bonchev–Trinajstić information content (AvgIpc) is 3.30. The number of aliphatic hydroxyl groups is 2. The van der Waals surface area contributed by atoms with Crippen molar-refractivity contribution in [3.05, 3.63) is 72.9 Å². The fourth-order valence-electron chi connectivity index (χ4n) is 6.90. The number of carbonyl (C=O) groups is 2. The second-order valence-electron chi connectivity index (χ2n) is 17.2. The number of esters is 2. The summed E-state index contributed by atoms with van der Waals surface area (Å²) >= 11 is 0. The van der Waals surface area contributed by atoms with Crippen LogP contribution in [0.25, 0.3) is 0 Å². The number of aliphatic hydroxyl groups excluding tert-OH is 2. The summed E-state index contributed by atoms with van der Waals surface area (Å²) in [5.74, 6) is -0.943. The predicted molar refractivity (Wildman–Crippen MR) is 270 cm³/mol. The van der Waals surface area contributed by atoms with Crippen LogP contribution in [-0.2, 0) is 32.7 Å². The monoisotopic (exact) mass is 935 g/mol. The molecule has 0 amide bonds. The highest BCUT2D eigenvalue weighted by molar-refractivity contribution is 7.47. The van der Waals surface area contributed by atoms with E-state index < -0.39 is 51.8 Å². The van der Waals surface area contributed by atoms with Crippen molar-refractivity contribution < 1.29 is 47.8 Å². The maximum absolute atomic E-state index is 12.7. The minimum atomic E-state index is -4.63. The summed E-state index contributed by atoms with van der Waals surface area (Å²) in [6.45, 7) is 2.26. The minimum absolute atomic E-state index is 0.165. The molecular formula is C54H95O10P. The van der Waals surface area contributed by atoms with E-state index in [9.17, 15) is 24.2 Å². The van der Waals surface area contributed by atoms with E-state index in [1.807, 2.05) is 0 Å². The fourth-order valence-corrected chi connectivity index (χ4v) is 7.69. The van der Waals surface area contributed by atoms with E-state index in [0.717, 1.165) is 89.9 Å². The first-order valence-corrected chi connectivity index (χ1v) is 27.4. The van der Waals surface area contributed by atoms with Gasteiger partial charge in [-0.15, -0.1) is 0 Å². The maximum Gasteiger partial charge on any atom is 0.472 e. The Balaban J connectivity index is 4.20. The molecule has 65 heavy (non-hydrogen) atoms. The van der Waals surface area contributed by atoms with Gasteiger partial charge >= 0.3 is 19.8 Å². The molecule has 3 unspecified atom stereocenters. The Morgan fingerprint density at radius 1 is 0.477 bits per heavy atom. The van der Waals surface area contributed by atoms with Crippen molar-refractivity contribution in [1.29, 1.82) is 0 Å². The topological polar surface area (TPSA) is 149 Å². The summed E-state index contributed by atoms with van der Waals surface area (Å²) in [5.41, 5.74) is 0. The van der Waals surface area contributed by atoms with Gasteiger partial charge < -0.3 is 24.6 Å². The van der Waals surface area contributed by atoms with Crippen LogP contribution in [0, 0.1) is 0 Å². The third-order valence-electron chi connectivity index (χ3n) is 10.8. The van der Waals surface area contributed by atoms with Crippen LogP contribution in [0.4, 0.5) is 0 Å². The standard InChI is InChI=1S/C54H95O10P/c1-3-5-7-9-11-13-15-17-19-21-23-24-25-26-28-29-31-33-35-37-39-41-43-45-53(57)61-49-52(50-63-65(59,60)62-48-51(56)47-55)64-54(58)46-44-42-40-38-36-34-32-30-27-22-20-18-16-14-12-10-8-6-4-2/h6,8,12,14-15,17-18,20-21,23,27,30,51-52,55-56H,3-5,7,9-11,13,16,19,22,24-26,28-29,31-50H2,1-2H3,(H,59,60)/b8-6-,14-12-,17-15-,20-18-,23-21-,30-27-. The number of carbonyl (C=O) groups excluding carboxylic acids is 2. The lowest BCUT2D eigenvalue weighted by Crippen LogP contribution is -2.29. The number of phosphoric ester groups is 1. The Hall–Kier alpha value is -2.59. The van der Waals surface area contributed by atoms with Gasteiger partial charge in [0.05, 0.1) is 19.8 Å². The van der Waals surface area contributed by atoms with Crippen LogP contribution < -0.4 is 0 Å². The van der Waals surface area contributed by atoms with Gasteiger partial charge in [0.1, 0.15) is 12.7 Å². The van der Waals surface area contributed by atoms with E-state index in [1.54, 1.807) is 0 Å². The fraction of sp³-hybridized carbons (Fsp3) is 0.741. The Kier molecular flexibility index (Phi) is 47.4. The zero-order valence-corrected chi connectivity index (χ0v) is 42.1. The number of phosphoric acid groups is 1. The summed E-state index contributed by atoms with van der Waals surface area (Å²) in [5, 5.41) is 18.4. The maximum atomic E-state index is 12.7. The minimum Gasteiger partial charge on any atom is -0.462 e. The van der Waals surface area contributed by atoms with Gasteiger partial charge in [-0.2, -0.15) is 0 Å². The van der Waals surface area contributed by atoms with Gasteiger partial charge in [0, 0.05) is 12.8 Å². The smallest absolute Gasteiger partial charge is 0.462 e. The molecule has 0 bridgehead atoms. The molecule has 0 aliphatic rings. The molecule has 0 saturated carbocycles. The second-order valence-corrected chi connectivity index (χ2v) is 18.6. The van der Waals surface area contributed by atoms with Gasteiger partial charge in [-0.05, 0) is 83.5 Å². The van der Waals surface area contributed by atoms with Crippen LogP contribution in [0.2, 0.25) is 0 Å². The SMILES string of the molecule is CC/C=C\C/C=C\C/C=C\C/C=C\CCCCCCCCC(=O)OC(COC(=O)CCCCCCCCCCCCC/C=C\C/C=C\CCCCCCC)COP(=O)(O)OCC(O)CO. The average molecular weight is 935 g/mol. The number of hydrogen-bond acceptors (Lipinski definition) is 9. The van der Waals surface area contributed by atoms with Crippen molar-refractivity contribution in [2.24, 2.45) is 0 Å². The molecule has 0 rings (SSSR count). The van der Waals surface area contributed by atoms with Crippen molar-refractivity contribution in [3.8, 4) is 0 Å². The first-order valence-electron chi connectivity index (χ1n) is 25.9. The molecule has 0 aromatic rings. The van der Waals surface area contributed by atoms with Crippen molar-refractivity contribution >= 4 is 19.8 Å². The third-order valence-corrected chi connectivity index (χ3v) is 11.8. The molecule has 0 spiro atoms. The molecule has 11 heteroatoms. The number of allylic oxidation sites excluding steroid dienone is 12. The molecule has 0 aromatic heterocycles. The third kappa shape index (κ3) is 49.1. The van der Waals surface area contributed by atoms with E-state index in [0.29, 0.717) is 12.8 Å². The summed E-state index contributed by atoms with van der Waals surface area (Å²) in [6, 6.07) is 0. The first kappa shape index (κ1) is 62.4. The Bertz CT molecular complexity index is 1310. The molecule has 0 aliphatic heterocycles. The first-order chi connectivity index (χ1) is 31.7. The number of rotatable bonds is 48. The molecule has 3 atom stereocenters. The van der Waals surface area contributed by atoms with Crippen LogP contribution in [0.1, 0.15) is 219 Å². The van der Waals surface area contributed by atoms with Crippen LogP contribution in [-0.4, -0.2) is 65.7 Å². The number of unbranched alkanes of at least 4 members (excludes halogenated alkanes) is 22. The highest BCUT2D eigenvalue weighted by atomic mass is 31.2. The number of hydrogen-bond donors (Lipinski definition) is 3. The predicted octanol–water partition coefficient (Wildman–Crippen LogP) is 14.8. The molecule has 10 nitrogen and oxygen atoms in total. The van der Waals surface area contributed by atoms with Gasteiger partial charge in [0.2, 0.25) is 0 Å². The van der Waals surface area contributed by atoms with Gasteiger partial charge in [-0.1, -0.05) is 196 Å². The molecule has 0 fully saturated rings. The van der Waals surface area contributed by atoms with Gasteiger partial charge in [-0.25, -0.2) is 4.57 Å². The van der Waals surface area contributed by atoms with E-state index in [1.165, 1.54) is 89.9 Å². The van der Waals surface area contributed by atoms with Crippen LogP contribution in [0.3, 0.4) is 0 Å². The van der Waals surface area contributed by atoms with E-state index in [4.69, 9.17) is 23.6 Å². The number of ether oxygens (including phenoxy) is 2. The Morgan fingerprint density at radius 2 is 0.846 bits per heavy atom. The quantitative estimate of drug-likeness (QED) is 0.0233.